The van der Waals surface area contributed by atoms with E-state index in [2.05, 4.69) is 0 Å². The summed E-state index contributed by atoms with van der Waals surface area (Å²) in [6.07, 6.45) is 0. The summed E-state index contributed by atoms with van der Waals surface area (Å²) in [4.78, 5) is 37.5. The van der Waals surface area contributed by atoms with Crippen molar-refractivity contribution in [3.8, 4) is 0 Å². The van der Waals surface area contributed by atoms with Gasteiger partial charge in [-0.3, -0.25) is 9.59 Å². The lowest BCUT2D eigenvalue weighted by Gasteiger charge is -2.19. The number of rotatable bonds is 5. The van der Waals surface area contributed by atoms with E-state index in [9.17, 15) is 14.4 Å². The predicted octanol–water partition coefficient (Wildman–Crippen LogP) is 3.31. The zero-order chi connectivity index (χ0) is 18.0. The molecule has 2 aromatic rings. The smallest absolute Gasteiger partial charge is 0.339 e. The summed E-state index contributed by atoms with van der Waals surface area (Å²) in [5.74, 6) is -1.32. The van der Waals surface area contributed by atoms with Crippen LogP contribution in [0.2, 0.25) is 5.02 Å². The van der Waals surface area contributed by atoms with E-state index in [1.54, 1.807) is 24.3 Å². The molecule has 0 bridgehead atoms. The fourth-order valence-electron chi connectivity index (χ4n) is 2.72. The molecule has 1 aliphatic carbocycles. The average molecular weight is 359 g/mol. The second-order valence-electron chi connectivity index (χ2n) is 5.39. The van der Waals surface area contributed by atoms with Crippen molar-refractivity contribution >= 4 is 29.1 Å². The predicted molar refractivity (Wildman–Crippen MR) is 91.5 cm³/mol. The molecule has 25 heavy (non-hydrogen) atoms. The minimum atomic E-state index is -0.661. The second kappa shape index (κ2) is 7.17. The van der Waals surface area contributed by atoms with Crippen LogP contribution in [-0.2, 0) is 9.47 Å². The average Bonchev–Trinajstić information content (AvgIpc) is 2.63. The number of ketones is 2. The lowest BCUT2D eigenvalue weighted by Crippen LogP contribution is -2.22. The molecule has 0 amide bonds. The summed E-state index contributed by atoms with van der Waals surface area (Å²) in [6, 6.07) is 9.39. The molecule has 128 valence electrons. The number of fused-ring (bicyclic) bond motifs is 2. The van der Waals surface area contributed by atoms with Crippen molar-refractivity contribution in [3.63, 3.8) is 0 Å². The Balaban J connectivity index is 1.96. The number of ether oxygens (including phenoxy) is 2. The molecule has 0 spiro atoms. The fourth-order valence-corrected chi connectivity index (χ4v) is 3.05. The Bertz CT molecular complexity index is 872. The molecule has 0 fully saturated rings. The van der Waals surface area contributed by atoms with E-state index in [0.717, 1.165) is 0 Å². The molecule has 1 aliphatic rings. The largest absolute Gasteiger partial charge is 0.460 e. The number of hydrogen-bond donors (Lipinski definition) is 0. The highest BCUT2D eigenvalue weighted by Gasteiger charge is 2.33. The van der Waals surface area contributed by atoms with Crippen molar-refractivity contribution in [3.05, 3.63) is 69.2 Å². The van der Waals surface area contributed by atoms with E-state index >= 15 is 0 Å². The van der Waals surface area contributed by atoms with Crippen molar-refractivity contribution in [2.75, 3.05) is 19.8 Å². The first-order valence-electron chi connectivity index (χ1n) is 7.82. The Kier molecular flexibility index (Phi) is 4.97. The highest BCUT2D eigenvalue weighted by Crippen LogP contribution is 2.34. The summed E-state index contributed by atoms with van der Waals surface area (Å²) < 4.78 is 10.2. The Morgan fingerprint density at radius 2 is 1.64 bits per heavy atom. The molecule has 0 radical (unpaired) electrons. The van der Waals surface area contributed by atoms with Gasteiger partial charge in [0, 0.05) is 23.3 Å². The maximum absolute atomic E-state index is 12.7. The minimum absolute atomic E-state index is 0.0459. The third-order valence-corrected chi connectivity index (χ3v) is 4.31. The van der Waals surface area contributed by atoms with Crippen LogP contribution in [0.1, 0.15) is 49.1 Å². The second-order valence-corrected chi connectivity index (χ2v) is 5.76. The molecule has 0 saturated carbocycles. The van der Waals surface area contributed by atoms with E-state index in [-0.39, 0.29) is 52.1 Å². The van der Waals surface area contributed by atoms with Gasteiger partial charge in [0.25, 0.3) is 0 Å². The van der Waals surface area contributed by atoms with Crippen LogP contribution >= 0.6 is 11.6 Å². The van der Waals surface area contributed by atoms with Gasteiger partial charge in [0.05, 0.1) is 22.8 Å². The van der Waals surface area contributed by atoms with Gasteiger partial charge in [-0.2, -0.15) is 0 Å². The Hall–Kier alpha value is -2.50. The van der Waals surface area contributed by atoms with Crippen LogP contribution in [0, 0.1) is 0 Å². The SMILES string of the molecule is CCOCCOC(=O)c1ccc2c(c1Cl)C(=O)c1ccccc1C2=O. The van der Waals surface area contributed by atoms with Gasteiger partial charge in [-0.1, -0.05) is 35.9 Å². The molecular formula is C19H15ClO5. The molecule has 6 heteroatoms. The number of benzene rings is 2. The Morgan fingerprint density at radius 1 is 0.960 bits per heavy atom. The fraction of sp³-hybridized carbons (Fsp3) is 0.211. The van der Waals surface area contributed by atoms with Crippen molar-refractivity contribution in [1.29, 1.82) is 0 Å². The molecule has 2 aromatic carbocycles. The molecule has 0 atom stereocenters. The molecule has 0 N–H and O–H groups in total. The van der Waals surface area contributed by atoms with E-state index in [1.165, 1.54) is 12.1 Å². The molecule has 0 aromatic heterocycles. The third-order valence-electron chi connectivity index (χ3n) is 3.91. The van der Waals surface area contributed by atoms with Gasteiger partial charge in [-0.25, -0.2) is 4.79 Å². The first kappa shape index (κ1) is 17.3. The summed E-state index contributed by atoms with van der Waals surface area (Å²) in [5, 5.41) is -0.0632. The van der Waals surface area contributed by atoms with Crippen molar-refractivity contribution in [2.24, 2.45) is 0 Å². The first-order valence-corrected chi connectivity index (χ1v) is 8.19. The minimum Gasteiger partial charge on any atom is -0.460 e. The molecule has 0 saturated heterocycles. The topological polar surface area (TPSA) is 69.7 Å². The summed E-state index contributed by atoms with van der Waals surface area (Å²) in [5.41, 5.74) is 0.911. The summed E-state index contributed by atoms with van der Waals surface area (Å²) in [6.45, 7) is 2.71. The molecule has 3 rings (SSSR count). The van der Waals surface area contributed by atoms with Crippen LogP contribution in [0.15, 0.2) is 36.4 Å². The van der Waals surface area contributed by atoms with Crippen LogP contribution in [0.4, 0.5) is 0 Å². The maximum atomic E-state index is 12.7. The van der Waals surface area contributed by atoms with Gasteiger partial charge in [0.15, 0.2) is 11.6 Å². The number of carbonyl (C=O) groups is 3. The van der Waals surface area contributed by atoms with Crippen molar-refractivity contribution in [2.45, 2.75) is 6.92 Å². The lowest BCUT2D eigenvalue weighted by atomic mass is 9.83. The van der Waals surface area contributed by atoms with Crippen LogP contribution in [0.3, 0.4) is 0 Å². The van der Waals surface area contributed by atoms with E-state index in [1.807, 2.05) is 6.92 Å². The number of esters is 1. The van der Waals surface area contributed by atoms with Gasteiger partial charge >= 0.3 is 5.97 Å². The van der Waals surface area contributed by atoms with E-state index in [0.29, 0.717) is 12.2 Å². The van der Waals surface area contributed by atoms with Crippen molar-refractivity contribution < 1.29 is 23.9 Å². The number of halogens is 1. The Morgan fingerprint density at radius 3 is 2.32 bits per heavy atom. The normalized spacial score (nSPS) is 12.6. The zero-order valence-corrected chi connectivity index (χ0v) is 14.3. The van der Waals surface area contributed by atoms with Crippen LogP contribution in [0.25, 0.3) is 0 Å². The molecule has 0 aliphatic heterocycles. The van der Waals surface area contributed by atoms with Gasteiger partial charge < -0.3 is 9.47 Å². The van der Waals surface area contributed by atoms with Gasteiger partial charge in [0.1, 0.15) is 6.61 Å². The quantitative estimate of drug-likeness (QED) is 0.517. The highest BCUT2D eigenvalue weighted by molar-refractivity contribution is 6.41. The van der Waals surface area contributed by atoms with Gasteiger partial charge in [-0.05, 0) is 19.1 Å². The molecule has 0 heterocycles. The molecule has 5 nitrogen and oxygen atoms in total. The zero-order valence-electron chi connectivity index (χ0n) is 13.5. The standard InChI is InChI=1S/C19H15ClO5/c1-2-24-9-10-25-19(23)14-8-7-13-15(16(14)20)18(22)12-6-4-3-5-11(12)17(13)21/h3-8H,2,9-10H2,1H3. The van der Waals surface area contributed by atoms with Gasteiger partial charge in [0.2, 0.25) is 0 Å². The summed E-state index contributed by atoms with van der Waals surface area (Å²) >= 11 is 6.28. The maximum Gasteiger partial charge on any atom is 0.339 e. The number of carbonyl (C=O) groups excluding carboxylic acids is 3. The van der Waals surface area contributed by atoms with Crippen LogP contribution in [-0.4, -0.2) is 37.4 Å². The van der Waals surface area contributed by atoms with Crippen molar-refractivity contribution in [1.82, 2.24) is 0 Å². The van der Waals surface area contributed by atoms with Crippen LogP contribution < -0.4 is 0 Å². The third kappa shape index (κ3) is 3.08. The van der Waals surface area contributed by atoms with Gasteiger partial charge in [-0.15, -0.1) is 0 Å². The molecule has 0 unspecified atom stereocenters. The monoisotopic (exact) mass is 358 g/mol. The van der Waals surface area contributed by atoms with Crippen LogP contribution in [0.5, 0.6) is 0 Å². The molecular weight excluding hydrogens is 344 g/mol. The highest BCUT2D eigenvalue weighted by atomic mass is 35.5. The lowest BCUT2D eigenvalue weighted by molar-refractivity contribution is 0.0335. The first-order chi connectivity index (χ1) is 12.1. The van der Waals surface area contributed by atoms with E-state index in [4.69, 9.17) is 21.1 Å². The Labute approximate surface area is 149 Å². The summed E-state index contributed by atoms with van der Waals surface area (Å²) in [7, 11) is 0. The van der Waals surface area contributed by atoms with E-state index < -0.39 is 5.97 Å². The number of hydrogen-bond acceptors (Lipinski definition) is 5.